The second-order valence-electron chi connectivity index (χ2n) is 5.15. The third-order valence-corrected chi connectivity index (χ3v) is 3.78. The van der Waals surface area contributed by atoms with Gasteiger partial charge in [-0.3, -0.25) is 11.3 Å². The summed E-state index contributed by atoms with van der Waals surface area (Å²) in [5, 5.41) is 0. The van der Waals surface area contributed by atoms with Crippen LogP contribution in [0.3, 0.4) is 0 Å². The van der Waals surface area contributed by atoms with E-state index in [0.717, 1.165) is 18.4 Å². The van der Waals surface area contributed by atoms with E-state index in [-0.39, 0.29) is 0 Å². The average molecular weight is 213 g/mol. The van der Waals surface area contributed by atoms with Crippen molar-refractivity contribution >= 4 is 0 Å². The second kappa shape index (κ2) is 6.46. The molecule has 0 aromatic rings. The summed E-state index contributed by atoms with van der Waals surface area (Å²) in [5.41, 5.74) is 3.03. The molecule has 3 heteroatoms. The molecule has 0 heterocycles. The molecule has 1 fully saturated rings. The van der Waals surface area contributed by atoms with Crippen molar-refractivity contribution in [2.75, 3.05) is 20.6 Å². The van der Waals surface area contributed by atoms with Gasteiger partial charge in [0.1, 0.15) is 0 Å². The Balaban J connectivity index is 2.55. The molecule has 1 saturated carbocycles. The summed E-state index contributed by atoms with van der Waals surface area (Å²) in [6.07, 6.45) is 6.84. The Labute approximate surface area is 94.4 Å². The summed E-state index contributed by atoms with van der Waals surface area (Å²) in [5.74, 6) is 7.34. The first-order valence-corrected chi connectivity index (χ1v) is 6.29. The maximum atomic E-state index is 5.69. The van der Waals surface area contributed by atoms with Gasteiger partial charge in [-0.15, -0.1) is 0 Å². The van der Waals surface area contributed by atoms with Gasteiger partial charge in [0.2, 0.25) is 0 Å². The predicted molar refractivity (Wildman–Crippen MR) is 65.4 cm³/mol. The molecule has 0 amide bonds. The fourth-order valence-corrected chi connectivity index (χ4v) is 2.98. The van der Waals surface area contributed by atoms with Crippen LogP contribution in [0.25, 0.3) is 0 Å². The van der Waals surface area contributed by atoms with Gasteiger partial charge in [-0.1, -0.05) is 32.6 Å². The van der Waals surface area contributed by atoms with Crippen molar-refractivity contribution in [1.29, 1.82) is 0 Å². The lowest BCUT2D eigenvalue weighted by molar-refractivity contribution is 0.153. The fraction of sp³-hybridized carbons (Fsp3) is 1.00. The van der Waals surface area contributed by atoms with Crippen LogP contribution in [0.1, 0.15) is 39.0 Å². The van der Waals surface area contributed by atoms with Gasteiger partial charge in [0.25, 0.3) is 0 Å². The van der Waals surface area contributed by atoms with Crippen molar-refractivity contribution in [3.63, 3.8) is 0 Å². The van der Waals surface area contributed by atoms with Gasteiger partial charge in [0.05, 0.1) is 0 Å². The monoisotopic (exact) mass is 213 g/mol. The van der Waals surface area contributed by atoms with Gasteiger partial charge in [0.15, 0.2) is 0 Å². The Hall–Kier alpha value is -0.120. The van der Waals surface area contributed by atoms with E-state index in [1.54, 1.807) is 0 Å². The molecule has 15 heavy (non-hydrogen) atoms. The zero-order chi connectivity index (χ0) is 11.3. The van der Waals surface area contributed by atoms with Crippen LogP contribution in [0.2, 0.25) is 0 Å². The van der Waals surface area contributed by atoms with E-state index in [1.807, 2.05) is 0 Å². The third-order valence-electron chi connectivity index (χ3n) is 3.78. The summed E-state index contributed by atoms with van der Waals surface area (Å²) < 4.78 is 0. The quantitative estimate of drug-likeness (QED) is 0.538. The highest BCUT2D eigenvalue weighted by Gasteiger charge is 2.30. The zero-order valence-electron chi connectivity index (χ0n) is 10.5. The standard InChI is InChI=1S/C12H27N3/c1-4-10-7-5-6-8-11(10)12(14-13)9-15(2)3/h10-12,14H,4-9,13H2,1-3H3. The lowest BCUT2D eigenvalue weighted by atomic mass is 9.74. The first kappa shape index (κ1) is 12.9. The molecule has 3 nitrogen and oxygen atoms in total. The van der Waals surface area contributed by atoms with Crippen LogP contribution < -0.4 is 11.3 Å². The van der Waals surface area contributed by atoms with Crippen LogP contribution in [-0.4, -0.2) is 31.6 Å². The van der Waals surface area contributed by atoms with Crippen molar-refractivity contribution in [1.82, 2.24) is 10.3 Å². The number of rotatable bonds is 5. The molecule has 3 atom stereocenters. The molecular formula is C12H27N3. The van der Waals surface area contributed by atoms with Crippen LogP contribution >= 0.6 is 0 Å². The highest BCUT2D eigenvalue weighted by atomic mass is 15.3. The second-order valence-corrected chi connectivity index (χ2v) is 5.15. The van der Waals surface area contributed by atoms with Crippen LogP contribution in [0, 0.1) is 11.8 Å². The SMILES string of the molecule is CCC1CCCCC1C(CN(C)C)NN. The number of nitrogens with two attached hydrogens (primary N) is 1. The number of hydrogen-bond donors (Lipinski definition) is 2. The van der Waals surface area contributed by atoms with Gasteiger partial charge in [-0.2, -0.15) is 0 Å². The highest BCUT2D eigenvalue weighted by molar-refractivity contribution is 4.84. The summed E-state index contributed by atoms with van der Waals surface area (Å²) in [6, 6.07) is 0.463. The first-order chi connectivity index (χ1) is 7.19. The molecule has 1 aliphatic rings. The van der Waals surface area contributed by atoms with Gasteiger partial charge < -0.3 is 4.90 Å². The van der Waals surface area contributed by atoms with E-state index < -0.39 is 0 Å². The number of nitrogens with one attached hydrogen (secondary N) is 1. The van der Waals surface area contributed by atoms with Crippen molar-refractivity contribution in [3.8, 4) is 0 Å². The summed E-state index contributed by atoms with van der Waals surface area (Å²) >= 11 is 0. The average Bonchev–Trinajstić information content (AvgIpc) is 2.25. The minimum absolute atomic E-state index is 0.463. The van der Waals surface area contributed by atoms with Crippen molar-refractivity contribution in [2.24, 2.45) is 17.7 Å². The molecule has 0 aromatic carbocycles. The largest absolute Gasteiger partial charge is 0.308 e. The smallest absolute Gasteiger partial charge is 0.0368 e. The minimum atomic E-state index is 0.463. The molecule has 1 rings (SSSR count). The Morgan fingerprint density at radius 1 is 1.33 bits per heavy atom. The van der Waals surface area contributed by atoms with Gasteiger partial charge >= 0.3 is 0 Å². The van der Waals surface area contributed by atoms with E-state index in [2.05, 4.69) is 31.3 Å². The van der Waals surface area contributed by atoms with Gasteiger partial charge in [-0.25, -0.2) is 0 Å². The van der Waals surface area contributed by atoms with Gasteiger partial charge in [0, 0.05) is 12.6 Å². The number of hydrazine groups is 1. The summed E-state index contributed by atoms with van der Waals surface area (Å²) in [6.45, 7) is 3.36. The molecule has 0 aromatic heterocycles. The van der Waals surface area contributed by atoms with Gasteiger partial charge in [-0.05, 0) is 32.4 Å². The van der Waals surface area contributed by atoms with Crippen LogP contribution in [-0.2, 0) is 0 Å². The van der Waals surface area contributed by atoms with Crippen LogP contribution in [0.15, 0.2) is 0 Å². The topological polar surface area (TPSA) is 41.3 Å². The summed E-state index contributed by atoms with van der Waals surface area (Å²) in [7, 11) is 4.24. The Kier molecular flexibility index (Phi) is 5.58. The Morgan fingerprint density at radius 2 is 2.00 bits per heavy atom. The molecule has 0 radical (unpaired) electrons. The van der Waals surface area contributed by atoms with E-state index in [4.69, 9.17) is 5.84 Å². The normalized spacial score (nSPS) is 29.4. The van der Waals surface area contributed by atoms with Crippen molar-refractivity contribution in [2.45, 2.75) is 45.1 Å². The Morgan fingerprint density at radius 3 is 2.53 bits per heavy atom. The molecule has 0 aliphatic heterocycles. The van der Waals surface area contributed by atoms with E-state index in [9.17, 15) is 0 Å². The van der Waals surface area contributed by atoms with E-state index in [0.29, 0.717) is 6.04 Å². The Bertz CT molecular complexity index is 170. The van der Waals surface area contributed by atoms with Crippen LogP contribution in [0.5, 0.6) is 0 Å². The predicted octanol–water partition coefficient (Wildman–Crippen LogP) is 1.60. The fourth-order valence-electron chi connectivity index (χ4n) is 2.98. The maximum Gasteiger partial charge on any atom is 0.0368 e. The molecule has 0 saturated heterocycles. The number of nitrogens with zero attached hydrogens (tertiary/aromatic N) is 1. The molecule has 1 aliphatic carbocycles. The maximum absolute atomic E-state index is 5.69. The number of likely N-dealkylation sites (N-methyl/N-ethyl adjacent to an activating group) is 1. The van der Waals surface area contributed by atoms with E-state index >= 15 is 0 Å². The summed E-state index contributed by atoms with van der Waals surface area (Å²) in [4.78, 5) is 2.23. The lowest BCUT2D eigenvalue weighted by Gasteiger charge is -2.37. The molecule has 90 valence electrons. The highest BCUT2D eigenvalue weighted by Crippen LogP contribution is 2.34. The zero-order valence-corrected chi connectivity index (χ0v) is 10.5. The third kappa shape index (κ3) is 3.74. The van der Waals surface area contributed by atoms with Crippen molar-refractivity contribution < 1.29 is 0 Å². The molecule has 0 bridgehead atoms. The molecule has 0 spiro atoms. The molecule has 3 N–H and O–H groups in total. The number of hydrogen-bond acceptors (Lipinski definition) is 3. The minimum Gasteiger partial charge on any atom is -0.308 e. The van der Waals surface area contributed by atoms with E-state index in [1.165, 1.54) is 32.1 Å². The first-order valence-electron chi connectivity index (χ1n) is 6.29. The molecule has 3 unspecified atom stereocenters. The lowest BCUT2D eigenvalue weighted by Crippen LogP contribution is -2.49. The van der Waals surface area contributed by atoms with Crippen LogP contribution in [0.4, 0.5) is 0 Å². The van der Waals surface area contributed by atoms with Crippen molar-refractivity contribution in [3.05, 3.63) is 0 Å². The molecular weight excluding hydrogens is 186 g/mol.